The predicted octanol–water partition coefficient (Wildman–Crippen LogP) is 4.33. The predicted molar refractivity (Wildman–Crippen MR) is 109 cm³/mol. The van der Waals surface area contributed by atoms with Gasteiger partial charge < -0.3 is 20.1 Å². The molecular weight excluding hydrogens is 340 g/mol. The maximum Gasteiger partial charge on any atom is 0.256 e. The lowest BCUT2D eigenvalue weighted by Gasteiger charge is -2.21. The first-order valence-electron chi connectivity index (χ1n) is 9.10. The summed E-state index contributed by atoms with van der Waals surface area (Å²) in [7, 11) is 1.60. The van der Waals surface area contributed by atoms with Crippen molar-refractivity contribution in [3.63, 3.8) is 0 Å². The quantitative estimate of drug-likeness (QED) is 0.666. The number of hydrogen-bond donors (Lipinski definition) is 3. The zero-order valence-corrected chi connectivity index (χ0v) is 16.2. The summed E-state index contributed by atoms with van der Waals surface area (Å²) < 4.78 is 5.32. The summed E-state index contributed by atoms with van der Waals surface area (Å²) in [6, 6.07) is 7.54. The van der Waals surface area contributed by atoms with Crippen molar-refractivity contribution in [3.05, 3.63) is 53.4 Å². The fraction of sp³-hybridized carbons (Fsp3) is 0.318. The standard InChI is InChI=1S/C22H26N2O3/c1-14(2)13-22(3,26)10-8-15-6-5-7-17-20(15)16(21(25)24-17)12-18-19(27-4)9-11-23-18/h5-12,14,23,26H,13H2,1-4H3,(H,24,25)/b10-8?,16-12-. The minimum atomic E-state index is -0.903. The fourth-order valence-corrected chi connectivity index (χ4v) is 3.52. The Morgan fingerprint density at radius 3 is 2.78 bits per heavy atom. The van der Waals surface area contributed by atoms with Crippen LogP contribution in [0.4, 0.5) is 5.69 Å². The Hall–Kier alpha value is -2.79. The van der Waals surface area contributed by atoms with E-state index in [2.05, 4.69) is 24.1 Å². The van der Waals surface area contributed by atoms with E-state index >= 15 is 0 Å². The normalized spacial score (nSPS) is 17.4. The molecule has 0 saturated carbocycles. The van der Waals surface area contributed by atoms with Crippen molar-refractivity contribution in [3.8, 4) is 5.75 Å². The Labute approximate surface area is 159 Å². The van der Waals surface area contributed by atoms with Gasteiger partial charge in [0, 0.05) is 17.4 Å². The highest BCUT2D eigenvalue weighted by atomic mass is 16.5. The van der Waals surface area contributed by atoms with Gasteiger partial charge in [-0.3, -0.25) is 4.79 Å². The summed E-state index contributed by atoms with van der Waals surface area (Å²) in [6.07, 6.45) is 7.93. The van der Waals surface area contributed by atoms with Crippen LogP contribution in [0.15, 0.2) is 36.5 Å². The first kappa shape index (κ1) is 19.0. The van der Waals surface area contributed by atoms with Crippen LogP contribution in [0.25, 0.3) is 17.7 Å². The molecule has 5 heteroatoms. The van der Waals surface area contributed by atoms with Crippen molar-refractivity contribution in [1.82, 2.24) is 4.98 Å². The topological polar surface area (TPSA) is 74.4 Å². The van der Waals surface area contributed by atoms with Crippen LogP contribution >= 0.6 is 0 Å². The Balaban J connectivity index is 2.02. The molecule has 5 nitrogen and oxygen atoms in total. The molecule has 1 aromatic heterocycles. The molecule has 1 aromatic carbocycles. The smallest absolute Gasteiger partial charge is 0.256 e. The molecule has 2 heterocycles. The van der Waals surface area contributed by atoms with E-state index in [4.69, 9.17) is 4.74 Å². The highest BCUT2D eigenvalue weighted by molar-refractivity contribution is 6.35. The molecule has 3 N–H and O–H groups in total. The van der Waals surface area contributed by atoms with Gasteiger partial charge in [0.1, 0.15) is 5.75 Å². The summed E-state index contributed by atoms with van der Waals surface area (Å²) >= 11 is 0. The third-order valence-electron chi connectivity index (χ3n) is 4.55. The number of nitrogens with one attached hydrogen (secondary N) is 2. The maximum atomic E-state index is 12.5. The number of fused-ring (bicyclic) bond motifs is 1. The number of carbonyl (C=O) groups excluding carboxylic acids is 1. The molecular formula is C22H26N2O3. The molecule has 0 spiro atoms. The van der Waals surface area contributed by atoms with Gasteiger partial charge >= 0.3 is 0 Å². The Morgan fingerprint density at radius 2 is 2.07 bits per heavy atom. The number of methoxy groups -OCH3 is 1. The van der Waals surface area contributed by atoms with E-state index in [0.29, 0.717) is 23.7 Å². The molecule has 27 heavy (non-hydrogen) atoms. The minimum absolute atomic E-state index is 0.156. The van der Waals surface area contributed by atoms with Crippen molar-refractivity contribution in [1.29, 1.82) is 0 Å². The first-order valence-corrected chi connectivity index (χ1v) is 9.10. The summed E-state index contributed by atoms with van der Waals surface area (Å²) in [6.45, 7) is 5.96. The number of hydrogen-bond acceptors (Lipinski definition) is 3. The highest BCUT2D eigenvalue weighted by Crippen LogP contribution is 2.37. The van der Waals surface area contributed by atoms with Gasteiger partial charge in [0.25, 0.3) is 5.91 Å². The lowest BCUT2D eigenvalue weighted by atomic mass is 9.92. The number of benzene rings is 1. The van der Waals surface area contributed by atoms with Crippen molar-refractivity contribution in [2.45, 2.75) is 32.8 Å². The van der Waals surface area contributed by atoms with Crippen LogP contribution < -0.4 is 10.1 Å². The molecule has 142 valence electrons. The second-order valence-electron chi connectivity index (χ2n) is 7.53. The van der Waals surface area contributed by atoms with Gasteiger partial charge in [0.15, 0.2) is 0 Å². The van der Waals surface area contributed by atoms with Crippen molar-refractivity contribution in [2.75, 3.05) is 12.4 Å². The number of aliphatic hydroxyl groups is 1. The Morgan fingerprint density at radius 1 is 1.30 bits per heavy atom. The van der Waals surface area contributed by atoms with Crippen LogP contribution in [0.1, 0.15) is 44.0 Å². The number of ether oxygens (including phenoxy) is 1. The van der Waals surface area contributed by atoms with E-state index in [1.165, 1.54) is 0 Å². The van der Waals surface area contributed by atoms with E-state index in [1.807, 2.05) is 30.3 Å². The number of aromatic nitrogens is 1. The van der Waals surface area contributed by atoms with Gasteiger partial charge in [0.2, 0.25) is 0 Å². The fourth-order valence-electron chi connectivity index (χ4n) is 3.52. The van der Waals surface area contributed by atoms with Gasteiger partial charge in [-0.2, -0.15) is 0 Å². The molecule has 0 saturated heterocycles. The summed E-state index contributed by atoms with van der Waals surface area (Å²) in [5.41, 5.74) is 2.87. The van der Waals surface area contributed by atoms with E-state index in [0.717, 1.165) is 22.5 Å². The van der Waals surface area contributed by atoms with E-state index in [-0.39, 0.29) is 5.91 Å². The van der Waals surface area contributed by atoms with Gasteiger partial charge in [0.05, 0.1) is 24.0 Å². The number of aromatic amines is 1. The number of carbonyl (C=O) groups is 1. The lowest BCUT2D eigenvalue weighted by molar-refractivity contribution is -0.110. The van der Waals surface area contributed by atoms with Crippen LogP contribution in [0.3, 0.4) is 0 Å². The minimum Gasteiger partial charge on any atom is -0.495 e. The van der Waals surface area contributed by atoms with Crippen LogP contribution in [-0.2, 0) is 4.79 Å². The maximum absolute atomic E-state index is 12.5. The van der Waals surface area contributed by atoms with Crippen LogP contribution in [0.5, 0.6) is 5.75 Å². The lowest BCUT2D eigenvalue weighted by Crippen LogP contribution is -2.22. The van der Waals surface area contributed by atoms with Gasteiger partial charge in [-0.25, -0.2) is 0 Å². The van der Waals surface area contributed by atoms with E-state index < -0.39 is 5.60 Å². The third kappa shape index (κ3) is 4.14. The van der Waals surface area contributed by atoms with Crippen LogP contribution in [0, 0.1) is 5.92 Å². The molecule has 2 aromatic rings. The second kappa shape index (κ2) is 7.45. The molecule has 0 fully saturated rings. The second-order valence-corrected chi connectivity index (χ2v) is 7.53. The van der Waals surface area contributed by atoms with E-state index in [1.54, 1.807) is 32.4 Å². The number of amides is 1. The summed E-state index contributed by atoms with van der Waals surface area (Å²) in [5.74, 6) is 0.901. The Bertz CT molecular complexity index is 904. The molecule has 1 atom stereocenters. The molecule has 1 unspecified atom stereocenters. The zero-order chi connectivity index (χ0) is 19.6. The molecule has 3 rings (SSSR count). The molecule has 1 aliphatic rings. The van der Waals surface area contributed by atoms with Gasteiger partial charge in [-0.05, 0) is 43.0 Å². The van der Waals surface area contributed by atoms with Gasteiger partial charge in [-0.15, -0.1) is 0 Å². The highest BCUT2D eigenvalue weighted by Gasteiger charge is 2.27. The van der Waals surface area contributed by atoms with Crippen molar-refractivity contribution in [2.24, 2.45) is 5.92 Å². The van der Waals surface area contributed by atoms with Gasteiger partial charge in [-0.1, -0.05) is 38.1 Å². The molecule has 1 aliphatic heterocycles. The number of H-pyrrole nitrogens is 1. The third-order valence-corrected chi connectivity index (χ3v) is 4.55. The number of anilines is 1. The van der Waals surface area contributed by atoms with Crippen molar-refractivity contribution < 1.29 is 14.6 Å². The average Bonchev–Trinajstić information content (AvgIpc) is 3.16. The monoisotopic (exact) mass is 366 g/mol. The summed E-state index contributed by atoms with van der Waals surface area (Å²) in [5, 5.41) is 13.5. The largest absolute Gasteiger partial charge is 0.495 e. The van der Waals surface area contributed by atoms with Crippen LogP contribution in [-0.4, -0.2) is 28.7 Å². The number of rotatable bonds is 6. The molecule has 0 aliphatic carbocycles. The van der Waals surface area contributed by atoms with Crippen LogP contribution in [0.2, 0.25) is 0 Å². The first-order chi connectivity index (χ1) is 12.8. The summed E-state index contributed by atoms with van der Waals surface area (Å²) in [4.78, 5) is 15.6. The SMILES string of the molecule is COc1cc[nH]c1/C=C1\C(=O)Nc2cccc(C=CC(C)(O)CC(C)C)c21. The average molecular weight is 366 g/mol. The zero-order valence-electron chi connectivity index (χ0n) is 16.2. The van der Waals surface area contributed by atoms with Crippen molar-refractivity contribution >= 4 is 29.3 Å². The molecule has 0 bridgehead atoms. The molecule has 0 radical (unpaired) electrons. The molecule has 1 amide bonds. The Kier molecular flexibility index (Phi) is 5.24. The van der Waals surface area contributed by atoms with E-state index in [9.17, 15) is 9.90 Å².